The highest BCUT2D eigenvalue weighted by atomic mass is 35.5. The van der Waals surface area contributed by atoms with Gasteiger partial charge in [-0.1, -0.05) is 20.8 Å². The fraction of sp³-hybridized carbons (Fsp3) is 0.875. The number of ether oxygens (including phenoxy) is 1. The maximum absolute atomic E-state index is 10.8. The second-order valence-electron chi connectivity index (χ2n) is 3.75. The van der Waals surface area contributed by atoms with E-state index >= 15 is 0 Å². The predicted molar refractivity (Wildman–Crippen MR) is 51.3 cm³/mol. The molecule has 0 fully saturated rings. The van der Waals surface area contributed by atoms with Gasteiger partial charge < -0.3 is 10.5 Å². The van der Waals surface area contributed by atoms with Crippen LogP contribution in [0.15, 0.2) is 0 Å². The molecule has 0 aliphatic rings. The number of esters is 1. The standard InChI is InChI=1S/C8H17NO2.ClH/c1-8(2,3)6(9)5-7(10)11-4;/h6H,5,9H2,1-4H3;1H/t6-;/m1./s1. The van der Waals surface area contributed by atoms with E-state index in [1.54, 1.807) is 0 Å². The van der Waals surface area contributed by atoms with Gasteiger partial charge in [0, 0.05) is 6.04 Å². The van der Waals surface area contributed by atoms with E-state index in [-0.39, 0.29) is 29.8 Å². The van der Waals surface area contributed by atoms with E-state index in [4.69, 9.17) is 5.73 Å². The third-order valence-electron chi connectivity index (χ3n) is 1.73. The molecule has 0 aliphatic heterocycles. The number of hydrogen-bond acceptors (Lipinski definition) is 3. The van der Waals surface area contributed by atoms with Gasteiger partial charge >= 0.3 is 5.97 Å². The molecule has 0 rings (SSSR count). The molecule has 0 amide bonds. The summed E-state index contributed by atoms with van der Waals surface area (Å²) in [6, 6.07) is -0.130. The number of methoxy groups -OCH3 is 1. The Morgan fingerprint density at radius 1 is 1.50 bits per heavy atom. The van der Waals surface area contributed by atoms with Crippen molar-refractivity contribution in [3.05, 3.63) is 0 Å². The van der Waals surface area contributed by atoms with Gasteiger partial charge in [0.1, 0.15) is 0 Å². The molecule has 0 saturated carbocycles. The first kappa shape index (κ1) is 14.3. The molecule has 0 aromatic carbocycles. The summed E-state index contributed by atoms with van der Waals surface area (Å²) in [6.45, 7) is 6.00. The van der Waals surface area contributed by atoms with E-state index in [1.807, 2.05) is 20.8 Å². The largest absolute Gasteiger partial charge is 0.469 e. The van der Waals surface area contributed by atoms with Gasteiger partial charge in [0.25, 0.3) is 0 Å². The lowest BCUT2D eigenvalue weighted by Crippen LogP contribution is -2.37. The fourth-order valence-electron chi connectivity index (χ4n) is 0.569. The highest BCUT2D eigenvalue weighted by molar-refractivity contribution is 5.85. The number of halogens is 1. The van der Waals surface area contributed by atoms with Crippen LogP contribution >= 0.6 is 12.4 Å². The molecule has 74 valence electrons. The molecule has 1 atom stereocenters. The van der Waals surface area contributed by atoms with Crippen LogP contribution in [-0.2, 0) is 9.53 Å². The lowest BCUT2D eigenvalue weighted by atomic mass is 9.85. The fourth-order valence-corrected chi connectivity index (χ4v) is 0.569. The van der Waals surface area contributed by atoms with E-state index < -0.39 is 0 Å². The third-order valence-corrected chi connectivity index (χ3v) is 1.73. The number of carbonyl (C=O) groups is 1. The van der Waals surface area contributed by atoms with Crippen molar-refractivity contribution in [2.24, 2.45) is 11.1 Å². The zero-order valence-corrected chi connectivity index (χ0v) is 8.90. The summed E-state index contributed by atoms with van der Waals surface area (Å²) < 4.78 is 4.50. The molecule has 0 aromatic rings. The van der Waals surface area contributed by atoms with Crippen LogP contribution in [0.2, 0.25) is 0 Å². The van der Waals surface area contributed by atoms with Crippen molar-refractivity contribution in [2.75, 3.05) is 7.11 Å². The normalized spacial score (nSPS) is 13.1. The van der Waals surface area contributed by atoms with Crippen LogP contribution in [0.3, 0.4) is 0 Å². The molecule has 4 heteroatoms. The van der Waals surface area contributed by atoms with Gasteiger partial charge in [-0.2, -0.15) is 0 Å². The van der Waals surface area contributed by atoms with Gasteiger partial charge in [-0.05, 0) is 5.41 Å². The molecular weight excluding hydrogens is 178 g/mol. The van der Waals surface area contributed by atoms with Crippen LogP contribution in [0.5, 0.6) is 0 Å². The highest BCUT2D eigenvalue weighted by Gasteiger charge is 2.23. The van der Waals surface area contributed by atoms with Gasteiger partial charge in [0.2, 0.25) is 0 Å². The summed E-state index contributed by atoms with van der Waals surface area (Å²) in [5.74, 6) is -0.243. The molecule has 0 aliphatic carbocycles. The summed E-state index contributed by atoms with van der Waals surface area (Å²) in [4.78, 5) is 10.8. The Balaban J connectivity index is 0. The van der Waals surface area contributed by atoms with Crippen LogP contribution in [0.25, 0.3) is 0 Å². The first-order valence-corrected chi connectivity index (χ1v) is 3.70. The summed E-state index contributed by atoms with van der Waals surface area (Å²) in [7, 11) is 1.37. The van der Waals surface area contributed by atoms with Crippen molar-refractivity contribution in [3.8, 4) is 0 Å². The summed E-state index contributed by atoms with van der Waals surface area (Å²) in [6.07, 6.45) is 0.292. The SMILES string of the molecule is COC(=O)C[C@@H](N)C(C)(C)C.Cl. The summed E-state index contributed by atoms with van der Waals surface area (Å²) in [5, 5.41) is 0. The van der Waals surface area contributed by atoms with E-state index in [1.165, 1.54) is 7.11 Å². The maximum Gasteiger partial charge on any atom is 0.307 e. The zero-order valence-electron chi connectivity index (χ0n) is 8.09. The molecule has 12 heavy (non-hydrogen) atoms. The maximum atomic E-state index is 10.8. The number of nitrogens with two attached hydrogens (primary N) is 1. The van der Waals surface area contributed by atoms with Gasteiger partial charge in [-0.15, -0.1) is 12.4 Å². The van der Waals surface area contributed by atoms with Crippen molar-refractivity contribution in [1.29, 1.82) is 0 Å². The smallest absolute Gasteiger partial charge is 0.307 e. The van der Waals surface area contributed by atoms with Gasteiger partial charge in [0.15, 0.2) is 0 Å². The van der Waals surface area contributed by atoms with Crippen LogP contribution in [0, 0.1) is 5.41 Å². The van der Waals surface area contributed by atoms with Crippen LogP contribution in [0.4, 0.5) is 0 Å². The van der Waals surface area contributed by atoms with Crippen molar-refractivity contribution >= 4 is 18.4 Å². The Kier molecular flexibility index (Phi) is 6.39. The van der Waals surface area contributed by atoms with Crippen molar-refractivity contribution in [2.45, 2.75) is 33.2 Å². The van der Waals surface area contributed by atoms with Crippen LogP contribution in [-0.4, -0.2) is 19.1 Å². The highest BCUT2D eigenvalue weighted by Crippen LogP contribution is 2.19. The van der Waals surface area contributed by atoms with Crippen molar-refractivity contribution in [1.82, 2.24) is 0 Å². The topological polar surface area (TPSA) is 52.3 Å². The molecule has 0 unspecified atom stereocenters. The molecule has 2 N–H and O–H groups in total. The molecule has 0 saturated heterocycles. The van der Waals surface area contributed by atoms with Gasteiger partial charge in [0.05, 0.1) is 13.5 Å². The minimum absolute atomic E-state index is 0. The molecule has 0 aromatic heterocycles. The Hall–Kier alpha value is -0.280. The van der Waals surface area contributed by atoms with Crippen molar-refractivity contribution in [3.63, 3.8) is 0 Å². The quantitative estimate of drug-likeness (QED) is 0.677. The zero-order chi connectivity index (χ0) is 9.07. The molecule has 0 spiro atoms. The monoisotopic (exact) mass is 195 g/mol. The lowest BCUT2D eigenvalue weighted by molar-refractivity contribution is -0.141. The number of hydrogen-bond donors (Lipinski definition) is 1. The average molecular weight is 196 g/mol. The first-order valence-electron chi connectivity index (χ1n) is 3.70. The van der Waals surface area contributed by atoms with Crippen molar-refractivity contribution < 1.29 is 9.53 Å². The number of rotatable bonds is 2. The van der Waals surface area contributed by atoms with Gasteiger partial charge in [-0.25, -0.2) is 0 Å². The second-order valence-corrected chi connectivity index (χ2v) is 3.75. The molecular formula is C8H18ClNO2. The lowest BCUT2D eigenvalue weighted by Gasteiger charge is -2.25. The minimum atomic E-state index is -0.243. The average Bonchev–Trinajstić information content (AvgIpc) is 1.85. The minimum Gasteiger partial charge on any atom is -0.469 e. The van der Waals surface area contributed by atoms with Gasteiger partial charge in [-0.3, -0.25) is 4.79 Å². The second kappa shape index (κ2) is 5.38. The van der Waals surface area contributed by atoms with E-state index in [0.717, 1.165) is 0 Å². The third kappa shape index (κ3) is 5.38. The molecule has 3 nitrogen and oxygen atoms in total. The Morgan fingerprint density at radius 2 is 1.92 bits per heavy atom. The van der Waals surface area contributed by atoms with E-state index in [2.05, 4.69) is 4.74 Å². The van der Waals surface area contributed by atoms with E-state index in [0.29, 0.717) is 6.42 Å². The Bertz CT molecular complexity index is 142. The van der Waals surface area contributed by atoms with Crippen LogP contribution in [0.1, 0.15) is 27.2 Å². The molecule has 0 radical (unpaired) electrons. The van der Waals surface area contributed by atoms with E-state index in [9.17, 15) is 4.79 Å². The molecule has 0 heterocycles. The summed E-state index contributed by atoms with van der Waals surface area (Å²) in [5.41, 5.74) is 5.69. The van der Waals surface area contributed by atoms with Crippen LogP contribution < -0.4 is 5.73 Å². The molecule has 0 bridgehead atoms. The number of carbonyl (C=O) groups excluding carboxylic acids is 1. The first-order chi connectivity index (χ1) is 4.88. The Morgan fingerprint density at radius 3 is 2.17 bits per heavy atom. The predicted octanol–water partition coefficient (Wildman–Crippen LogP) is 1.34. The summed E-state index contributed by atoms with van der Waals surface area (Å²) >= 11 is 0. The Labute approximate surface area is 80.1 Å².